The van der Waals surface area contributed by atoms with Gasteiger partial charge in [0.25, 0.3) is 0 Å². The van der Waals surface area contributed by atoms with Crippen LogP contribution in [0.3, 0.4) is 0 Å². The number of amides is 1. The minimum Gasteiger partial charge on any atom is -0.481 e. The highest BCUT2D eigenvalue weighted by molar-refractivity contribution is 5.85. The SMILES string of the molecule is N#CC[C@@H]1C[C@@H](CC(=O)O)C(=O)N1CCCc1ccccc1. The molecule has 5 heteroatoms. The van der Waals surface area contributed by atoms with Crippen molar-refractivity contribution in [1.29, 1.82) is 5.26 Å². The van der Waals surface area contributed by atoms with Crippen molar-refractivity contribution in [3.63, 3.8) is 0 Å². The van der Waals surface area contributed by atoms with E-state index in [4.69, 9.17) is 10.4 Å². The standard InChI is InChI=1S/C17H20N2O3/c18-9-8-15-11-14(12-16(20)21)17(22)19(15)10-4-7-13-5-2-1-3-6-13/h1-3,5-6,14-15H,4,7-8,10-12H2,(H,20,21)/t14-,15+/m0/s1. The second-order valence-electron chi connectivity index (χ2n) is 5.67. The molecule has 1 aliphatic rings. The summed E-state index contributed by atoms with van der Waals surface area (Å²) in [6.07, 6.45) is 2.29. The third-order valence-corrected chi connectivity index (χ3v) is 4.08. The van der Waals surface area contributed by atoms with Gasteiger partial charge in [0, 0.05) is 12.6 Å². The maximum absolute atomic E-state index is 12.3. The molecule has 22 heavy (non-hydrogen) atoms. The van der Waals surface area contributed by atoms with Crippen LogP contribution in [0.4, 0.5) is 0 Å². The molecule has 0 bridgehead atoms. The Kier molecular flexibility index (Phi) is 5.54. The highest BCUT2D eigenvalue weighted by Crippen LogP contribution is 2.29. The van der Waals surface area contributed by atoms with E-state index >= 15 is 0 Å². The van der Waals surface area contributed by atoms with Gasteiger partial charge >= 0.3 is 5.97 Å². The molecule has 0 saturated carbocycles. The Morgan fingerprint density at radius 1 is 1.36 bits per heavy atom. The first-order valence-corrected chi connectivity index (χ1v) is 7.55. The Balaban J connectivity index is 1.93. The van der Waals surface area contributed by atoms with Gasteiger partial charge in [-0.2, -0.15) is 5.26 Å². The number of nitriles is 1. The number of rotatable bonds is 7. The second-order valence-corrected chi connectivity index (χ2v) is 5.67. The molecule has 0 spiro atoms. The van der Waals surface area contributed by atoms with Gasteiger partial charge in [-0.3, -0.25) is 9.59 Å². The predicted octanol–water partition coefficient (Wildman–Crippen LogP) is 2.22. The highest BCUT2D eigenvalue weighted by atomic mass is 16.4. The van der Waals surface area contributed by atoms with Crippen molar-refractivity contribution in [2.75, 3.05) is 6.54 Å². The maximum Gasteiger partial charge on any atom is 0.304 e. The predicted molar refractivity (Wildman–Crippen MR) is 80.9 cm³/mol. The molecule has 1 fully saturated rings. The lowest BCUT2D eigenvalue weighted by Crippen LogP contribution is -2.35. The van der Waals surface area contributed by atoms with E-state index in [-0.39, 0.29) is 24.8 Å². The van der Waals surface area contributed by atoms with E-state index in [1.807, 2.05) is 30.3 Å². The van der Waals surface area contributed by atoms with Crippen LogP contribution in [-0.2, 0) is 16.0 Å². The third kappa shape index (κ3) is 4.08. The van der Waals surface area contributed by atoms with Crippen molar-refractivity contribution in [3.8, 4) is 6.07 Å². The van der Waals surface area contributed by atoms with Crippen LogP contribution in [0, 0.1) is 17.2 Å². The van der Waals surface area contributed by atoms with Crippen LogP contribution in [-0.4, -0.2) is 34.5 Å². The van der Waals surface area contributed by atoms with E-state index in [0.29, 0.717) is 13.0 Å². The number of carbonyl (C=O) groups is 2. The molecule has 0 aliphatic carbocycles. The topological polar surface area (TPSA) is 81.4 Å². The molecule has 0 aromatic heterocycles. The van der Waals surface area contributed by atoms with Gasteiger partial charge in [0.15, 0.2) is 0 Å². The molecule has 1 saturated heterocycles. The van der Waals surface area contributed by atoms with Crippen LogP contribution in [0.2, 0.25) is 0 Å². The van der Waals surface area contributed by atoms with Gasteiger partial charge in [-0.05, 0) is 24.8 Å². The fourth-order valence-corrected chi connectivity index (χ4v) is 3.04. The lowest BCUT2D eigenvalue weighted by Gasteiger charge is -2.23. The molecule has 5 nitrogen and oxygen atoms in total. The Hall–Kier alpha value is -2.35. The van der Waals surface area contributed by atoms with E-state index in [9.17, 15) is 9.59 Å². The molecular weight excluding hydrogens is 280 g/mol. The fourth-order valence-electron chi connectivity index (χ4n) is 3.04. The Labute approximate surface area is 130 Å². The number of hydrogen-bond acceptors (Lipinski definition) is 3. The molecule has 1 N–H and O–H groups in total. The van der Waals surface area contributed by atoms with Gasteiger partial charge in [-0.25, -0.2) is 0 Å². The number of likely N-dealkylation sites (tertiary alicyclic amines) is 1. The molecule has 0 unspecified atom stereocenters. The molecule has 1 aliphatic heterocycles. The fraction of sp³-hybridized carbons (Fsp3) is 0.471. The number of benzene rings is 1. The number of carbonyl (C=O) groups excluding carboxylic acids is 1. The zero-order valence-corrected chi connectivity index (χ0v) is 12.4. The second kappa shape index (κ2) is 7.60. The van der Waals surface area contributed by atoms with Gasteiger partial charge < -0.3 is 10.0 Å². The van der Waals surface area contributed by atoms with Crippen LogP contribution in [0.5, 0.6) is 0 Å². The molecule has 1 heterocycles. The Morgan fingerprint density at radius 3 is 2.73 bits per heavy atom. The van der Waals surface area contributed by atoms with E-state index in [0.717, 1.165) is 12.8 Å². The number of nitrogens with zero attached hydrogens (tertiary/aromatic N) is 2. The molecule has 2 atom stereocenters. The normalized spacial score (nSPS) is 20.9. The van der Waals surface area contributed by atoms with Crippen molar-refractivity contribution in [1.82, 2.24) is 4.90 Å². The zero-order chi connectivity index (χ0) is 15.9. The minimum atomic E-state index is -0.958. The van der Waals surface area contributed by atoms with Crippen LogP contribution >= 0.6 is 0 Å². The third-order valence-electron chi connectivity index (χ3n) is 4.08. The first-order valence-electron chi connectivity index (χ1n) is 7.55. The number of hydrogen-bond donors (Lipinski definition) is 1. The summed E-state index contributed by atoms with van der Waals surface area (Å²) in [7, 11) is 0. The first-order chi connectivity index (χ1) is 10.6. The van der Waals surface area contributed by atoms with Crippen molar-refractivity contribution in [3.05, 3.63) is 35.9 Å². The molecule has 2 rings (SSSR count). The Morgan fingerprint density at radius 2 is 2.09 bits per heavy atom. The molecule has 1 aromatic rings. The molecular formula is C17H20N2O3. The van der Waals surface area contributed by atoms with Crippen LogP contribution in [0.15, 0.2) is 30.3 Å². The van der Waals surface area contributed by atoms with Crippen molar-refractivity contribution < 1.29 is 14.7 Å². The van der Waals surface area contributed by atoms with Crippen molar-refractivity contribution in [2.45, 2.75) is 38.1 Å². The number of aliphatic carboxylic acids is 1. The van der Waals surface area contributed by atoms with Crippen LogP contribution < -0.4 is 0 Å². The molecule has 1 aromatic carbocycles. The lowest BCUT2D eigenvalue weighted by molar-refractivity contribution is -0.142. The van der Waals surface area contributed by atoms with Gasteiger partial charge in [-0.15, -0.1) is 0 Å². The van der Waals surface area contributed by atoms with E-state index in [2.05, 4.69) is 6.07 Å². The van der Waals surface area contributed by atoms with Gasteiger partial charge in [0.2, 0.25) is 5.91 Å². The zero-order valence-electron chi connectivity index (χ0n) is 12.4. The summed E-state index contributed by atoms with van der Waals surface area (Å²) in [4.78, 5) is 24.9. The van der Waals surface area contributed by atoms with E-state index < -0.39 is 11.9 Å². The average Bonchev–Trinajstić information content (AvgIpc) is 2.77. The van der Waals surface area contributed by atoms with E-state index in [1.54, 1.807) is 4.90 Å². The Bertz CT molecular complexity index is 565. The largest absolute Gasteiger partial charge is 0.481 e. The quantitative estimate of drug-likeness (QED) is 0.837. The summed E-state index contributed by atoms with van der Waals surface area (Å²) >= 11 is 0. The summed E-state index contributed by atoms with van der Waals surface area (Å²) in [6.45, 7) is 0.580. The maximum atomic E-state index is 12.3. The molecule has 116 valence electrons. The lowest BCUT2D eigenvalue weighted by atomic mass is 10.0. The number of aryl methyl sites for hydroxylation is 1. The van der Waals surface area contributed by atoms with E-state index in [1.165, 1.54) is 5.56 Å². The van der Waals surface area contributed by atoms with Gasteiger partial charge in [-0.1, -0.05) is 30.3 Å². The first kappa shape index (κ1) is 16.0. The monoisotopic (exact) mass is 300 g/mol. The summed E-state index contributed by atoms with van der Waals surface area (Å²) in [5, 5.41) is 17.8. The highest BCUT2D eigenvalue weighted by Gasteiger charge is 2.39. The van der Waals surface area contributed by atoms with Crippen LogP contribution in [0.1, 0.15) is 31.2 Å². The van der Waals surface area contributed by atoms with Gasteiger partial charge in [0.05, 0.1) is 24.8 Å². The van der Waals surface area contributed by atoms with Crippen molar-refractivity contribution >= 4 is 11.9 Å². The summed E-state index contributed by atoms with van der Waals surface area (Å²) in [5.74, 6) is -1.55. The summed E-state index contributed by atoms with van der Waals surface area (Å²) < 4.78 is 0. The van der Waals surface area contributed by atoms with Gasteiger partial charge in [0.1, 0.15) is 0 Å². The molecule has 0 radical (unpaired) electrons. The number of carboxylic acid groups (broad SMARTS) is 1. The average molecular weight is 300 g/mol. The minimum absolute atomic E-state index is 0.115. The summed E-state index contributed by atoms with van der Waals surface area (Å²) in [5.41, 5.74) is 1.22. The van der Waals surface area contributed by atoms with Crippen LogP contribution in [0.25, 0.3) is 0 Å². The number of carboxylic acids is 1. The smallest absolute Gasteiger partial charge is 0.304 e. The van der Waals surface area contributed by atoms with Crippen molar-refractivity contribution in [2.24, 2.45) is 5.92 Å². The molecule has 1 amide bonds. The summed E-state index contributed by atoms with van der Waals surface area (Å²) in [6, 6.07) is 12.0.